The van der Waals surface area contributed by atoms with Crippen molar-refractivity contribution in [1.29, 1.82) is 0 Å². The normalized spacial score (nSPS) is 14.8. The zero-order valence-corrected chi connectivity index (χ0v) is 27.0. The van der Waals surface area contributed by atoms with Gasteiger partial charge in [-0.1, -0.05) is 75.1 Å². The lowest BCUT2D eigenvalue weighted by molar-refractivity contribution is -0.128. The highest BCUT2D eigenvalue weighted by Gasteiger charge is 2.23. The Balaban J connectivity index is 0.000000418. The first kappa shape index (κ1) is 31.5. The topological polar surface area (TPSA) is 82.9 Å². The molecule has 0 saturated carbocycles. The van der Waals surface area contributed by atoms with Gasteiger partial charge in [-0.2, -0.15) is 0 Å². The van der Waals surface area contributed by atoms with E-state index in [1.165, 1.54) is 28.5 Å². The van der Waals surface area contributed by atoms with E-state index >= 15 is 0 Å². The summed E-state index contributed by atoms with van der Waals surface area (Å²) in [4.78, 5) is 41.4. The van der Waals surface area contributed by atoms with Crippen LogP contribution in [0.5, 0.6) is 0 Å². The Bertz CT molecular complexity index is 1700. The number of nitrogens with zero attached hydrogens (tertiary/aromatic N) is 2. The van der Waals surface area contributed by atoms with Crippen molar-refractivity contribution in [2.24, 2.45) is 0 Å². The molecular weight excluding hydrogens is 642 g/mol. The highest BCUT2D eigenvalue weighted by Crippen LogP contribution is 2.28. The number of aryl methyl sites for hydroxylation is 1. The first-order valence-corrected chi connectivity index (χ1v) is 16.0. The number of likely N-dealkylation sites (tertiary alicyclic amines) is 1. The molecule has 0 radical (unpaired) electrons. The largest absolute Gasteiger partial charge is 0.451 e. The number of rotatable bonds is 6. The third-order valence-electron chi connectivity index (χ3n) is 7.85. The maximum Gasteiger partial charge on any atom is 0.287 e. The van der Waals surface area contributed by atoms with E-state index in [9.17, 15) is 14.4 Å². The van der Waals surface area contributed by atoms with Crippen LogP contribution in [-0.2, 0) is 11.3 Å². The average Bonchev–Trinajstić information content (AvgIpc) is 3.43. The van der Waals surface area contributed by atoms with Gasteiger partial charge in [0.2, 0.25) is 5.91 Å². The zero-order valence-electron chi connectivity index (χ0n) is 24.7. The summed E-state index contributed by atoms with van der Waals surface area (Å²) in [6.07, 6.45) is 5.47. The molecular formula is C35H35BrClN3O4. The molecule has 228 valence electrons. The fraction of sp³-hybridized carbons (Fsp3) is 0.286. The van der Waals surface area contributed by atoms with Gasteiger partial charge in [0.1, 0.15) is 5.58 Å². The van der Waals surface area contributed by atoms with Gasteiger partial charge in [0, 0.05) is 60.4 Å². The SMILES string of the molecule is Cc1ccc(Cl)cc1.O=C(NCC=C1CCN(c2ccccc2CN2CCCC2=O)CC1)c1cc(=O)c2cc(Br)ccc2o1. The van der Waals surface area contributed by atoms with Crippen molar-refractivity contribution in [3.05, 3.63) is 121 Å². The van der Waals surface area contributed by atoms with Gasteiger partial charge in [0.25, 0.3) is 5.91 Å². The Labute approximate surface area is 270 Å². The summed E-state index contributed by atoms with van der Waals surface area (Å²) >= 11 is 8.95. The number of amides is 2. The van der Waals surface area contributed by atoms with Crippen LogP contribution < -0.4 is 15.6 Å². The minimum absolute atomic E-state index is 0.0103. The molecule has 1 aromatic heterocycles. The molecule has 6 rings (SSSR count). The van der Waals surface area contributed by atoms with Crippen LogP contribution >= 0.6 is 27.5 Å². The van der Waals surface area contributed by atoms with Gasteiger partial charge in [0.05, 0.1) is 5.39 Å². The summed E-state index contributed by atoms with van der Waals surface area (Å²) in [5.74, 6) is -0.153. The molecule has 0 bridgehead atoms. The fourth-order valence-corrected chi connectivity index (χ4v) is 5.90. The zero-order chi connectivity index (χ0) is 31.1. The number of carbonyl (C=O) groups excluding carboxylic acids is 2. The summed E-state index contributed by atoms with van der Waals surface area (Å²) in [5.41, 5.74) is 5.07. The lowest BCUT2D eigenvalue weighted by Gasteiger charge is -2.33. The Morgan fingerprint density at radius 1 is 0.977 bits per heavy atom. The lowest BCUT2D eigenvalue weighted by atomic mass is 10.0. The van der Waals surface area contributed by atoms with Crippen molar-refractivity contribution >= 4 is 56.0 Å². The number of fused-ring (bicyclic) bond motifs is 1. The van der Waals surface area contributed by atoms with E-state index < -0.39 is 5.91 Å². The molecule has 4 aromatic rings. The van der Waals surface area contributed by atoms with Gasteiger partial charge in [-0.25, -0.2) is 0 Å². The van der Waals surface area contributed by atoms with Crippen molar-refractivity contribution in [1.82, 2.24) is 10.2 Å². The molecule has 1 N–H and O–H groups in total. The van der Waals surface area contributed by atoms with E-state index in [1.807, 2.05) is 42.2 Å². The molecule has 2 amide bonds. The molecule has 2 aliphatic heterocycles. The Morgan fingerprint density at radius 3 is 2.43 bits per heavy atom. The van der Waals surface area contributed by atoms with Crippen molar-refractivity contribution in [3.8, 4) is 0 Å². The number of carbonyl (C=O) groups is 2. The van der Waals surface area contributed by atoms with Crippen LogP contribution in [0.15, 0.2) is 98.1 Å². The highest BCUT2D eigenvalue weighted by atomic mass is 79.9. The summed E-state index contributed by atoms with van der Waals surface area (Å²) in [5, 5.41) is 4.07. The second kappa shape index (κ2) is 14.7. The van der Waals surface area contributed by atoms with Crippen molar-refractivity contribution in [3.63, 3.8) is 0 Å². The molecule has 44 heavy (non-hydrogen) atoms. The third kappa shape index (κ3) is 8.18. The summed E-state index contributed by atoms with van der Waals surface area (Å²) in [6, 6.07) is 22.5. The lowest BCUT2D eigenvalue weighted by Crippen LogP contribution is -2.33. The van der Waals surface area contributed by atoms with Crippen LogP contribution in [0.3, 0.4) is 0 Å². The second-order valence-corrected chi connectivity index (χ2v) is 12.4. The molecule has 0 aliphatic carbocycles. The molecule has 2 aliphatic rings. The van der Waals surface area contributed by atoms with Crippen LogP contribution in [0.25, 0.3) is 11.0 Å². The minimum atomic E-state index is -0.406. The molecule has 9 heteroatoms. The quantitative estimate of drug-likeness (QED) is 0.217. The van der Waals surface area contributed by atoms with E-state index in [0.29, 0.717) is 30.5 Å². The van der Waals surface area contributed by atoms with E-state index in [2.05, 4.69) is 50.4 Å². The summed E-state index contributed by atoms with van der Waals surface area (Å²) in [6.45, 7) is 5.70. The molecule has 0 atom stereocenters. The molecule has 0 spiro atoms. The Kier molecular flexibility index (Phi) is 10.6. The second-order valence-electron chi connectivity index (χ2n) is 11.0. The first-order valence-electron chi connectivity index (χ1n) is 14.8. The number of hydrogen-bond donors (Lipinski definition) is 1. The van der Waals surface area contributed by atoms with Crippen LogP contribution in [0.1, 0.15) is 47.4 Å². The monoisotopic (exact) mass is 675 g/mol. The van der Waals surface area contributed by atoms with E-state index in [-0.39, 0.29) is 17.1 Å². The number of anilines is 1. The van der Waals surface area contributed by atoms with Crippen molar-refractivity contribution < 1.29 is 14.0 Å². The predicted molar refractivity (Wildman–Crippen MR) is 179 cm³/mol. The first-order chi connectivity index (χ1) is 21.3. The van der Waals surface area contributed by atoms with Gasteiger partial charge in [-0.05, 0) is 68.1 Å². The van der Waals surface area contributed by atoms with Crippen LogP contribution in [0.4, 0.5) is 5.69 Å². The fourth-order valence-electron chi connectivity index (χ4n) is 5.42. The number of benzene rings is 3. The molecule has 3 aromatic carbocycles. The standard InChI is InChI=1S/C28H28BrN3O4.C7H7Cl/c29-21-7-8-25-22(16-21)24(33)17-26(36-25)28(35)30-12-9-19-10-14-31(15-11-19)23-5-2-1-4-20(23)18-32-13-3-6-27(32)34;1-6-2-4-7(8)5-3-6/h1-2,4-5,7-9,16-17H,3,6,10-15,18H2,(H,30,35);2-5H,1H3. The number of hydrogen-bond acceptors (Lipinski definition) is 5. The van der Waals surface area contributed by atoms with Gasteiger partial charge in [-0.15, -0.1) is 0 Å². The molecule has 7 nitrogen and oxygen atoms in total. The Hall–Kier alpha value is -3.88. The van der Waals surface area contributed by atoms with E-state index in [1.54, 1.807) is 18.2 Å². The van der Waals surface area contributed by atoms with Crippen LogP contribution in [0.2, 0.25) is 5.02 Å². The summed E-state index contributed by atoms with van der Waals surface area (Å²) < 4.78 is 6.43. The van der Waals surface area contributed by atoms with Crippen LogP contribution in [0, 0.1) is 6.92 Å². The van der Waals surface area contributed by atoms with Crippen molar-refractivity contribution in [2.75, 3.05) is 31.1 Å². The van der Waals surface area contributed by atoms with Crippen molar-refractivity contribution in [2.45, 2.75) is 39.2 Å². The molecule has 3 heterocycles. The van der Waals surface area contributed by atoms with E-state index in [0.717, 1.165) is 48.4 Å². The smallest absolute Gasteiger partial charge is 0.287 e. The minimum Gasteiger partial charge on any atom is -0.451 e. The van der Waals surface area contributed by atoms with Gasteiger partial charge in [-0.3, -0.25) is 14.4 Å². The molecule has 2 saturated heterocycles. The predicted octanol–water partition coefficient (Wildman–Crippen LogP) is 7.28. The summed E-state index contributed by atoms with van der Waals surface area (Å²) in [7, 11) is 0. The maximum absolute atomic E-state index is 12.6. The van der Waals surface area contributed by atoms with Gasteiger partial charge < -0.3 is 19.5 Å². The molecule has 2 fully saturated rings. The number of nitrogens with one attached hydrogen (secondary N) is 1. The number of piperidine rings is 1. The van der Waals surface area contributed by atoms with E-state index in [4.69, 9.17) is 16.0 Å². The molecule has 0 unspecified atom stereocenters. The van der Waals surface area contributed by atoms with Crippen LogP contribution in [-0.4, -0.2) is 42.9 Å². The number of para-hydroxylation sites is 1. The maximum atomic E-state index is 12.6. The Morgan fingerprint density at radius 2 is 1.73 bits per heavy atom. The van der Waals surface area contributed by atoms with Gasteiger partial charge >= 0.3 is 0 Å². The third-order valence-corrected chi connectivity index (χ3v) is 8.59. The van der Waals surface area contributed by atoms with Gasteiger partial charge in [0.15, 0.2) is 11.2 Å². The number of halogens is 2. The average molecular weight is 677 g/mol. The highest BCUT2D eigenvalue weighted by molar-refractivity contribution is 9.10.